The van der Waals surface area contributed by atoms with E-state index in [1.54, 1.807) is 24.3 Å². The molecule has 1 aliphatic heterocycles. The molecule has 0 aromatic heterocycles. The molecule has 28 heavy (non-hydrogen) atoms. The van der Waals surface area contributed by atoms with Crippen LogP contribution in [-0.2, 0) is 10.5 Å². The highest BCUT2D eigenvalue weighted by Gasteiger charge is 2.39. The molecular weight excluding hydrogens is 383 g/mol. The van der Waals surface area contributed by atoms with E-state index in [-0.39, 0.29) is 12.2 Å². The van der Waals surface area contributed by atoms with Crippen LogP contribution in [-0.4, -0.2) is 28.5 Å². The number of thioether (sulfide) groups is 1. The SMILES string of the molecule is CCOc1ccc(C(C)=O)cc1CSC1(CC(=O)O)Nc2ccc(F)cc2N1. The van der Waals surface area contributed by atoms with Gasteiger partial charge in [0.2, 0.25) is 0 Å². The van der Waals surface area contributed by atoms with Crippen LogP contribution in [0.2, 0.25) is 0 Å². The highest BCUT2D eigenvalue weighted by atomic mass is 32.2. The molecule has 0 radical (unpaired) electrons. The zero-order valence-corrected chi connectivity index (χ0v) is 16.4. The Morgan fingerprint density at radius 2 is 1.93 bits per heavy atom. The number of hydrogen-bond acceptors (Lipinski definition) is 6. The fourth-order valence-electron chi connectivity index (χ4n) is 3.03. The van der Waals surface area contributed by atoms with E-state index >= 15 is 0 Å². The van der Waals surface area contributed by atoms with Crippen molar-refractivity contribution in [3.05, 3.63) is 53.3 Å². The number of carboxylic acid groups (broad SMARTS) is 1. The second-order valence-corrected chi connectivity index (χ2v) is 7.71. The maximum Gasteiger partial charge on any atom is 0.308 e. The van der Waals surface area contributed by atoms with E-state index in [2.05, 4.69) is 10.6 Å². The van der Waals surface area contributed by atoms with Crippen molar-refractivity contribution in [2.45, 2.75) is 31.0 Å². The van der Waals surface area contributed by atoms with Crippen molar-refractivity contribution in [1.82, 2.24) is 0 Å². The minimum Gasteiger partial charge on any atom is -0.494 e. The summed E-state index contributed by atoms with van der Waals surface area (Å²) in [5, 5.41) is 15.7. The van der Waals surface area contributed by atoms with Gasteiger partial charge in [0.15, 0.2) is 10.8 Å². The van der Waals surface area contributed by atoms with E-state index in [9.17, 15) is 19.1 Å². The second-order valence-electron chi connectivity index (χ2n) is 6.44. The van der Waals surface area contributed by atoms with E-state index in [4.69, 9.17) is 4.74 Å². The molecular formula is C20H21FN2O4S. The third kappa shape index (κ3) is 4.39. The molecule has 1 aliphatic rings. The highest BCUT2D eigenvalue weighted by Crippen LogP contribution is 2.44. The van der Waals surface area contributed by atoms with Crippen LogP contribution < -0.4 is 15.4 Å². The first-order chi connectivity index (χ1) is 13.3. The van der Waals surface area contributed by atoms with Crippen LogP contribution >= 0.6 is 11.8 Å². The van der Waals surface area contributed by atoms with E-state index < -0.39 is 16.8 Å². The van der Waals surface area contributed by atoms with Gasteiger partial charge in [-0.2, -0.15) is 0 Å². The van der Waals surface area contributed by atoms with Crippen molar-refractivity contribution in [1.29, 1.82) is 0 Å². The first-order valence-corrected chi connectivity index (χ1v) is 9.79. The summed E-state index contributed by atoms with van der Waals surface area (Å²) in [6.45, 7) is 3.83. The Kier molecular flexibility index (Phi) is 5.79. The molecule has 1 unspecified atom stereocenters. The molecule has 8 heteroatoms. The molecule has 0 aliphatic carbocycles. The molecule has 1 heterocycles. The van der Waals surface area contributed by atoms with Gasteiger partial charge < -0.3 is 20.5 Å². The van der Waals surface area contributed by atoms with Gasteiger partial charge in [0.1, 0.15) is 11.6 Å². The number of carbonyl (C=O) groups is 2. The lowest BCUT2D eigenvalue weighted by Gasteiger charge is -2.29. The average Bonchev–Trinajstić information content (AvgIpc) is 2.97. The lowest BCUT2D eigenvalue weighted by atomic mass is 10.1. The smallest absolute Gasteiger partial charge is 0.308 e. The molecule has 6 nitrogen and oxygen atoms in total. The van der Waals surface area contributed by atoms with E-state index in [0.29, 0.717) is 35.0 Å². The Labute approximate surface area is 166 Å². The van der Waals surface area contributed by atoms with Crippen LogP contribution in [0.3, 0.4) is 0 Å². The van der Waals surface area contributed by atoms with Crippen LogP contribution in [0.15, 0.2) is 36.4 Å². The summed E-state index contributed by atoms with van der Waals surface area (Å²) in [4.78, 5) is 22.2. The highest BCUT2D eigenvalue weighted by molar-refractivity contribution is 8.00. The minimum atomic E-state index is -1.04. The number of benzene rings is 2. The van der Waals surface area contributed by atoms with Crippen molar-refractivity contribution in [2.24, 2.45) is 0 Å². The molecule has 0 saturated heterocycles. The number of carbonyl (C=O) groups excluding carboxylic acids is 1. The molecule has 2 aromatic carbocycles. The standard InChI is InChI=1S/C20H21FN2O4S/c1-3-27-18-7-4-13(12(2)24)8-14(18)11-28-20(10-19(25)26)22-16-6-5-15(21)9-17(16)23-20/h4-9,22-23H,3,10-11H2,1-2H3,(H,25,26). The Balaban J connectivity index is 1.86. The zero-order chi connectivity index (χ0) is 20.3. The van der Waals surface area contributed by atoms with Crippen LogP contribution in [0.4, 0.5) is 15.8 Å². The lowest BCUT2D eigenvalue weighted by molar-refractivity contribution is -0.137. The van der Waals surface area contributed by atoms with Gasteiger partial charge in [-0.25, -0.2) is 4.39 Å². The van der Waals surface area contributed by atoms with Crippen molar-refractivity contribution in [2.75, 3.05) is 17.2 Å². The number of ether oxygens (including phenoxy) is 1. The van der Waals surface area contributed by atoms with Crippen molar-refractivity contribution in [3.63, 3.8) is 0 Å². The summed E-state index contributed by atoms with van der Waals surface area (Å²) in [5.41, 5.74) is 2.49. The quantitative estimate of drug-likeness (QED) is 0.565. The maximum atomic E-state index is 13.5. The number of nitrogens with one attached hydrogen (secondary N) is 2. The van der Waals surface area contributed by atoms with Gasteiger partial charge in [-0.15, -0.1) is 11.8 Å². The van der Waals surface area contributed by atoms with Gasteiger partial charge in [-0.3, -0.25) is 9.59 Å². The number of fused-ring (bicyclic) bond motifs is 1. The van der Waals surface area contributed by atoms with Gasteiger partial charge in [-0.05, 0) is 50.2 Å². The van der Waals surface area contributed by atoms with Crippen molar-refractivity contribution in [3.8, 4) is 5.75 Å². The van der Waals surface area contributed by atoms with E-state index in [0.717, 1.165) is 5.56 Å². The number of aliphatic carboxylic acids is 1. The monoisotopic (exact) mass is 404 g/mol. The first-order valence-electron chi connectivity index (χ1n) is 8.80. The predicted octanol–water partition coefficient (Wildman–Crippen LogP) is 4.33. The summed E-state index contributed by atoms with van der Waals surface area (Å²) >= 11 is 1.32. The van der Waals surface area contributed by atoms with E-state index in [1.165, 1.54) is 30.8 Å². The molecule has 0 bridgehead atoms. The summed E-state index contributed by atoms with van der Waals surface area (Å²) in [7, 11) is 0. The molecule has 3 N–H and O–H groups in total. The fourth-order valence-corrected chi connectivity index (χ4v) is 4.25. The third-order valence-electron chi connectivity index (χ3n) is 4.30. The van der Waals surface area contributed by atoms with Crippen molar-refractivity contribution < 1.29 is 23.8 Å². The molecule has 0 amide bonds. The molecule has 148 valence electrons. The van der Waals surface area contributed by atoms with Gasteiger partial charge in [0.05, 0.1) is 24.4 Å². The summed E-state index contributed by atoms with van der Waals surface area (Å²) < 4.78 is 19.2. The van der Waals surface area contributed by atoms with Gasteiger partial charge >= 0.3 is 5.97 Å². The number of hydrogen-bond donors (Lipinski definition) is 3. The predicted molar refractivity (Wildman–Crippen MR) is 108 cm³/mol. The number of anilines is 2. The molecule has 1 atom stereocenters. The van der Waals surface area contributed by atoms with Gasteiger partial charge in [-0.1, -0.05) is 0 Å². The number of carboxylic acids is 1. The average molecular weight is 404 g/mol. The number of Topliss-reactive ketones (excluding diaryl/α,β-unsaturated/α-hetero) is 1. The largest absolute Gasteiger partial charge is 0.494 e. The zero-order valence-electron chi connectivity index (χ0n) is 15.5. The molecule has 0 saturated carbocycles. The van der Waals surface area contributed by atoms with E-state index in [1.807, 2.05) is 6.92 Å². The first kappa shape index (κ1) is 20.0. The van der Waals surface area contributed by atoms with Crippen LogP contribution in [0, 0.1) is 5.82 Å². The molecule has 3 rings (SSSR count). The number of halogens is 1. The van der Waals surface area contributed by atoms with Gasteiger partial charge in [0.25, 0.3) is 0 Å². The molecule has 0 spiro atoms. The maximum absolute atomic E-state index is 13.5. The van der Waals surface area contributed by atoms with Crippen LogP contribution in [0.1, 0.15) is 36.2 Å². The number of rotatable bonds is 8. The van der Waals surface area contributed by atoms with Crippen LogP contribution in [0.25, 0.3) is 0 Å². The molecule has 2 aromatic rings. The van der Waals surface area contributed by atoms with Crippen LogP contribution in [0.5, 0.6) is 5.75 Å². The fraction of sp³-hybridized carbons (Fsp3) is 0.300. The Bertz CT molecular complexity index is 921. The Hall–Kier alpha value is -2.74. The second kappa shape index (κ2) is 8.10. The van der Waals surface area contributed by atoms with Gasteiger partial charge in [0, 0.05) is 16.9 Å². The topological polar surface area (TPSA) is 87.7 Å². The minimum absolute atomic E-state index is 0.0606. The third-order valence-corrected chi connectivity index (χ3v) is 5.59. The van der Waals surface area contributed by atoms with Crippen molar-refractivity contribution >= 4 is 34.9 Å². The normalized spacial score (nSPS) is 17.4. The summed E-state index contributed by atoms with van der Waals surface area (Å²) in [6, 6.07) is 9.44. The molecule has 0 fully saturated rings. The number of ketones is 1. The lowest BCUT2D eigenvalue weighted by Crippen LogP contribution is -2.40. The summed E-state index contributed by atoms with van der Waals surface area (Å²) in [6.07, 6.45) is -0.232. The Morgan fingerprint density at radius 1 is 1.18 bits per heavy atom. The summed E-state index contributed by atoms with van der Waals surface area (Å²) in [5.74, 6) is -0.429. The Morgan fingerprint density at radius 3 is 2.61 bits per heavy atom.